The Morgan fingerprint density at radius 3 is 2.75 bits per heavy atom. The molecule has 0 aliphatic heterocycles. The van der Waals surface area contributed by atoms with Crippen LogP contribution in [-0.2, 0) is 11.3 Å². The quantitative estimate of drug-likeness (QED) is 0.919. The summed E-state index contributed by atoms with van der Waals surface area (Å²) in [5.41, 5.74) is -0.563. The van der Waals surface area contributed by atoms with Crippen LogP contribution in [0, 0.1) is 17.1 Å². The lowest BCUT2D eigenvalue weighted by molar-refractivity contribution is -0.116. The Labute approximate surface area is 113 Å². The van der Waals surface area contributed by atoms with Crippen molar-refractivity contribution in [2.24, 2.45) is 0 Å². The average Bonchev–Trinajstić information content (AvgIpc) is 2.44. The molecule has 0 saturated carbocycles. The summed E-state index contributed by atoms with van der Waals surface area (Å²) in [4.78, 5) is 23.5. The number of rotatable bonds is 3. The minimum atomic E-state index is -0.557. The highest BCUT2D eigenvalue weighted by Crippen LogP contribution is 2.12. The van der Waals surface area contributed by atoms with Gasteiger partial charge in [0.15, 0.2) is 0 Å². The third-order valence-electron chi connectivity index (χ3n) is 2.60. The fourth-order valence-electron chi connectivity index (χ4n) is 1.65. The van der Waals surface area contributed by atoms with E-state index < -0.39 is 17.3 Å². The molecule has 100 valence electrons. The second-order valence-corrected chi connectivity index (χ2v) is 3.99. The summed E-state index contributed by atoms with van der Waals surface area (Å²) in [5.74, 6) is -1.11. The van der Waals surface area contributed by atoms with Crippen LogP contribution in [0.1, 0.15) is 5.56 Å². The molecular weight excluding hydrogens is 261 g/mol. The van der Waals surface area contributed by atoms with E-state index in [4.69, 9.17) is 5.26 Å². The van der Waals surface area contributed by atoms with Crippen LogP contribution in [0.25, 0.3) is 0 Å². The maximum Gasteiger partial charge on any atom is 0.268 e. The number of nitrogens with zero attached hydrogens (tertiary/aromatic N) is 2. The summed E-state index contributed by atoms with van der Waals surface area (Å²) >= 11 is 0. The van der Waals surface area contributed by atoms with Crippen molar-refractivity contribution in [3.8, 4) is 6.07 Å². The number of carbonyl (C=O) groups excluding carboxylic acids is 1. The van der Waals surface area contributed by atoms with E-state index in [0.29, 0.717) is 0 Å². The average molecular weight is 271 g/mol. The highest BCUT2D eigenvalue weighted by molar-refractivity contribution is 5.90. The van der Waals surface area contributed by atoms with Gasteiger partial charge in [0.05, 0.1) is 5.69 Å². The molecule has 1 heterocycles. The maximum atomic E-state index is 13.4. The van der Waals surface area contributed by atoms with Crippen LogP contribution in [0.15, 0.2) is 47.4 Å². The maximum absolute atomic E-state index is 13.4. The second kappa shape index (κ2) is 5.80. The molecule has 2 aromatic rings. The van der Waals surface area contributed by atoms with Gasteiger partial charge in [-0.2, -0.15) is 5.26 Å². The number of amides is 1. The van der Waals surface area contributed by atoms with E-state index in [1.54, 1.807) is 12.1 Å². The van der Waals surface area contributed by atoms with Crippen LogP contribution in [0.3, 0.4) is 0 Å². The molecule has 0 spiro atoms. The minimum Gasteiger partial charge on any atom is -0.322 e. The number of carbonyl (C=O) groups is 1. The number of para-hydroxylation sites is 1. The number of anilines is 1. The number of halogens is 1. The molecule has 5 nitrogen and oxygen atoms in total. The topological polar surface area (TPSA) is 74.9 Å². The number of benzene rings is 1. The van der Waals surface area contributed by atoms with Crippen LogP contribution < -0.4 is 10.9 Å². The Morgan fingerprint density at radius 2 is 2.05 bits per heavy atom. The highest BCUT2D eigenvalue weighted by atomic mass is 19.1. The van der Waals surface area contributed by atoms with E-state index in [2.05, 4.69) is 5.32 Å². The first-order valence-electron chi connectivity index (χ1n) is 5.76. The van der Waals surface area contributed by atoms with Crippen molar-refractivity contribution in [3.63, 3.8) is 0 Å². The smallest absolute Gasteiger partial charge is 0.268 e. The van der Waals surface area contributed by atoms with Gasteiger partial charge in [0.25, 0.3) is 5.56 Å². The third-order valence-corrected chi connectivity index (χ3v) is 2.60. The molecule has 0 atom stereocenters. The first-order valence-corrected chi connectivity index (χ1v) is 5.76. The number of hydrogen-bond donors (Lipinski definition) is 1. The lowest BCUT2D eigenvalue weighted by Crippen LogP contribution is -2.28. The summed E-state index contributed by atoms with van der Waals surface area (Å²) in [5, 5.41) is 11.1. The standard InChI is InChI=1S/C14H10FN3O2/c15-11-5-1-2-6-12(11)17-13(19)9-18-7-3-4-10(8-16)14(18)20/h1-7H,9H2,(H,17,19). The number of nitriles is 1. The van der Waals surface area contributed by atoms with Gasteiger partial charge in [-0.3, -0.25) is 9.59 Å². The molecule has 6 heteroatoms. The van der Waals surface area contributed by atoms with Gasteiger partial charge in [0, 0.05) is 6.20 Å². The van der Waals surface area contributed by atoms with Crippen molar-refractivity contribution in [1.29, 1.82) is 5.26 Å². The van der Waals surface area contributed by atoms with E-state index in [-0.39, 0.29) is 17.8 Å². The van der Waals surface area contributed by atoms with E-state index in [1.807, 2.05) is 0 Å². The lowest BCUT2D eigenvalue weighted by Gasteiger charge is -2.08. The lowest BCUT2D eigenvalue weighted by atomic mass is 10.3. The number of hydrogen-bond acceptors (Lipinski definition) is 3. The van der Waals surface area contributed by atoms with Gasteiger partial charge < -0.3 is 9.88 Å². The van der Waals surface area contributed by atoms with Gasteiger partial charge in [-0.05, 0) is 24.3 Å². The minimum absolute atomic E-state index is 0.0435. The molecule has 1 amide bonds. The number of pyridine rings is 1. The van der Waals surface area contributed by atoms with Crippen molar-refractivity contribution < 1.29 is 9.18 Å². The van der Waals surface area contributed by atoms with Crippen molar-refractivity contribution in [2.75, 3.05) is 5.32 Å². The van der Waals surface area contributed by atoms with Crippen molar-refractivity contribution in [1.82, 2.24) is 4.57 Å². The van der Waals surface area contributed by atoms with E-state index in [1.165, 1.54) is 36.5 Å². The molecule has 0 aliphatic carbocycles. The van der Waals surface area contributed by atoms with Crippen LogP contribution in [0.2, 0.25) is 0 Å². The monoisotopic (exact) mass is 271 g/mol. The summed E-state index contributed by atoms with van der Waals surface area (Å²) in [6, 6.07) is 10.3. The zero-order valence-electron chi connectivity index (χ0n) is 10.3. The number of nitrogens with one attached hydrogen (secondary N) is 1. The Kier molecular flexibility index (Phi) is 3.91. The van der Waals surface area contributed by atoms with Crippen molar-refractivity contribution in [3.05, 3.63) is 64.3 Å². The molecule has 2 rings (SSSR count). The van der Waals surface area contributed by atoms with Gasteiger partial charge in [-0.25, -0.2) is 4.39 Å². The second-order valence-electron chi connectivity index (χ2n) is 3.99. The molecule has 0 saturated heterocycles. The molecule has 1 N–H and O–H groups in total. The van der Waals surface area contributed by atoms with Gasteiger partial charge in [-0.1, -0.05) is 12.1 Å². The molecular formula is C14H10FN3O2. The largest absolute Gasteiger partial charge is 0.322 e. The zero-order valence-corrected chi connectivity index (χ0v) is 10.3. The molecule has 1 aromatic heterocycles. The fourth-order valence-corrected chi connectivity index (χ4v) is 1.65. The van der Waals surface area contributed by atoms with E-state index in [0.717, 1.165) is 4.57 Å². The van der Waals surface area contributed by atoms with Gasteiger partial charge >= 0.3 is 0 Å². The molecule has 0 unspecified atom stereocenters. The predicted octanol–water partition coefficient (Wildman–Crippen LogP) is 1.50. The SMILES string of the molecule is N#Cc1cccn(CC(=O)Nc2ccccc2F)c1=O. The summed E-state index contributed by atoms with van der Waals surface area (Å²) in [7, 11) is 0. The Balaban J connectivity index is 2.16. The molecule has 1 aromatic carbocycles. The van der Waals surface area contributed by atoms with Crippen LogP contribution in [0.4, 0.5) is 10.1 Å². The highest BCUT2D eigenvalue weighted by Gasteiger charge is 2.09. The molecule has 0 aliphatic rings. The number of aromatic nitrogens is 1. The Morgan fingerprint density at radius 1 is 1.30 bits per heavy atom. The van der Waals surface area contributed by atoms with E-state index >= 15 is 0 Å². The van der Waals surface area contributed by atoms with Gasteiger partial charge in [-0.15, -0.1) is 0 Å². The van der Waals surface area contributed by atoms with Gasteiger partial charge in [0.1, 0.15) is 24.0 Å². The van der Waals surface area contributed by atoms with Crippen molar-refractivity contribution in [2.45, 2.75) is 6.54 Å². The zero-order chi connectivity index (χ0) is 14.5. The molecule has 0 bridgehead atoms. The third kappa shape index (κ3) is 2.90. The molecule has 20 heavy (non-hydrogen) atoms. The summed E-state index contributed by atoms with van der Waals surface area (Å²) in [6.45, 7) is -0.289. The fraction of sp³-hybridized carbons (Fsp3) is 0.0714. The Hall–Kier alpha value is -2.94. The normalized spacial score (nSPS) is 9.80. The summed E-state index contributed by atoms with van der Waals surface area (Å²) in [6.07, 6.45) is 1.39. The first-order chi connectivity index (χ1) is 9.61. The molecule has 0 radical (unpaired) electrons. The molecule has 0 fully saturated rings. The van der Waals surface area contributed by atoms with Gasteiger partial charge in [0.2, 0.25) is 5.91 Å². The van der Waals surface area contributed by atoms with Crippen molar-refractivity contribution >= 4 is 11.6 Å². The predicted molar refractivity (Wildman–Crippen MR) is 70.4 cm³/mol. The summed E-state index contributed by atoms with van der Waals surface area (Å²) < 4.78 is 14.5. The van der Waals surface area contributed by atoms with Crippen LogP contribution in [0.5, 0.6) is 0 Å². The van der Waals surface area contributed by atoms with E-state index in [9.17, 15) is 14.0 Å². The Bertz CT molecular complexity index is 747. The van der Waals surface area contributed by atoms with Crippen LogP contribution in [-0.4, -0.2) is 10.5 Å². The van der Waals surface area contributed by atoms with Crippen LogP contribution >= 0.6 is 0 Å². The first kappa shape index (κ1) is 13.5.